The number of rotatable bonds is 3. The molecule has 1 heterocycles. The molecule has 0 bridgehead atoms. The fraction of sp³-hybridized carbons (Fsp3) is 0.300. The van der Waals surface area contributed by atoms with E-state index in [1.54, 1.807) is 13.2 Å². The molecular formula is C10H10O4. The molecule has 1 fully saturated rings. The first-order valence-electron chi connectivity index (χ1n) is 4.25. The van der Waals surface area contributed by atoms with Gasteiger partial charge in [-0.05, 0) is 6.07 Å². The third-order valence-corrected chi connectivity index (χ3v) is 2.18. The predicted molar refractivity (Wildman–Crippen MR) is 48.2 cm³/mol. The quantitative estimate of drug-likeness (QED) is 0.735. The number of epoxide rings is 1. The fourth-order valence-corrected chi connectivity index (χ4v) is 1.44. The van der Waals surface area contributed by atoms with Crippen molar-refractivity contribution in [2.75, 3.05) is 7.11 Å². The predicted octanol–water partition coefficient (Wildman–Crippen LogP) is 1.22. The molecule has 2 rings (SSSR count). The Morgan fingerprint density at radius 2 is 2.21 bits per heavy atom. The highest BCUT2D eigenvalue weighted by molar-refractivity contribution is 5.76. The Morgan fingerprint density at radius 1 is 1.50 bits per heavy atom. The Hall–Kier alpha value is -1.55. The molecule has 0 saturated carbocycles. The fourth-order valence-electron chi connectivity index (χ4n) is 1.44. The van der Waals surface area contributed by atoms with Crippen molar-refractivity contribution in [3.05, 3.63) is 29.8 Å². The highest BCUT2D eigenvalue weighted by Crippen LogP contribution is 2.42. The molecular weight excluding hydrogens is 184 g/mol. The number of carbonyl (C=O) groups is 1. The van der Waals surface area contributed by atoms with Gasteiger partial charge in [-0.1, -0.05) is 18.2 Å². The summed E-state index contributed by atoms with van der Waals surface area (Å²) in [5.41, 5.74) is 0.794. The summed E-state index contributed by atoms with van der Waals surface area (Å²) in [7, 11) is 1.55. The molecule has 1 aromatic rings. The molecule has 2 atom stereocenters. The average Bonchev–Trinajstić information content (AvgIpc) is 2.97. The Labute approximate surface area is 81.1 Å². The van der Waals surface area contributed by atoms with Gasteiger partial charge in [-0.15, -0.1) is 0 Å². The van der Waals surface area contributed by atoms with E-state index in [0.29, 0.717) is 5.75 Å². The van der Waals surface area contributed by atoms with Crippen molar-refractivity contribution >= 4 is 5.97 Å². The number of benzene rings is 1. The highest BCUT2D eigenvalue weighted by Gasteiger charge is 2.47. The lowest BCUT2D eigenvalue weighted by Crippen LogP contribution is -2.05. The Balaban J connectivity index is 2.22. The maximum absolute atomic E-state index is 10.6. The lowest BCUT2D eigenvalue weighted by molar-refractivity contribution is -0.138. The van der Waals surface area contributed by atoms with Crippen molar-refractivity contribution in [1.29, 1.82) is 0 Å². The van der Waals surface area contributed by atoms with Crippen LogP contribution in [0.2, 0.25) is 0 Å². The molecule has 0 amide bonds. The van der Waals surface area contributed by atoms with Crippen molar-refractivity contribution in [2.24, 2.45) is 0 Å². The zero-order valence-corrected chi connectivity index (χ0v) is 7.64. The Morgan fingerprint density at radius 3 is 2.79 bits per heavy atom. The number of carboxylic acid groups (broad SMARTS) is 1. The van der Waals surface area contributed by atoms with E-state index >= 15 is 0 Å². The van der Waals surface area contributed by atoms with Gasteiger partial charge in [0.05, 0.1) is 7.11 Å². The monoisotopic (exact) mass is 194 g/mol. The molecule has 1 aromatic carbocycles. The van der Waals surface area contributed by atoms with Crippen molar-refractivity contribution in [2.45, 2.75) is 12.2 Å². The summed E-state index contributed by atoms with van der Waals surface area (Å²) in [5.74, 6) is -0.262. The number of aliphatic carboxylic acids is 1. The van der Waals surface area contributed by atoms with Crippen LogP contribution in [0, 0.1) is 0 Å². The summed E-state index contributed by atoms with van der Waals surface area (Å²) in [6.07, 6.45) is -1.07. The van der Waals surface area contributed by atoms with E-state index < -0.39 is 12.1 Å². The lowest BCUT2D eigenvalue weighted by atomic mass is 10.1. The molecule has 14 heavy (non-hydrogen) atoms. The lowest BCUT2D eigenvalue weighted by Gasteiger charge is -2.04. The van der Waals surface area contributed by atoms with Gasteiger partial charge in [0.2, 0.25) is 0 Å². The van der Waals surface area contributed by atoms with Crippen molar-refractivity contribution in [3.8, 4) is 5.75 Å². The molecule has 1 aliphatic heterocycles. The third kappa shape index (κ3) is 1.44. The van der Waals surface area contributed by atoms with Crippen LogP contribution in [0.25, 0.3) is 0 Å². The second-order valence-electron chi connectivity index (χ2n) is 3.06. The van der Waals surface area contributed by atoms with E-state index in [9.17, 15) is 4.79 Å². The average molecular weight is 194 g/mol. The van der Waals surface area contributed by atoms with E-state index in [1.807, 2.05) is 18.2 Å². The standard InChI is InChI=1S/C10H10O4/c1-13-7-5-3-2-4-6(7)8-9(14-8)10(11)12/h2-5,8-9H,1H3,(H,11,12). The summed E-state index contributed by atoms with van der Waals surface area (Å²) in [6.45, 7) is 0. The second-order valence-corrected chi connectivity index (χ2v) is 3.06. The van der Waals surface area contributed by atoms with Crippen LogP contribution < -0.4 is 4.74 Å². The third-order valence-electron chi connectivity index (χ3n) is 2.18. The van der Waals surface area contributed by atoms with Crippen LogP contribution >= 0.6 is 0 Å². The number of para-hydroxylation sites is 1. The summed E-state index contributed by atoms with van der Waals surface area (Å²) in [4.78, 5) is 10.6. The minimum absolute atomic E-state index is 0.358. The molecule has 74 valence electrons. The first-order chi connectivity index (χ1) is 6.74. The van der Waals surface area contributed by atoms with E-state index in [2.05, 4.69) is 0 Å². The molecule has 0 radical (unpaired) electrons. The maximum atomic E-state index is 10.6. The molecule has 4 nitrogen and oxygen atoms in total. The van der Waals surface area contributed by atoms with Crippen LogP contribution in [0.4, 0.5) is 0 Å². The summed E-state index contributed by atoms with van der Waals surface area (Å²) in [5, 5.41) is 8.68. The zero-order valence-electron chi connectivity index (χ0n) is 7.64. The van der Waals surface area contributed by atoms with Gasteiger partial charge < -0.3 is 14.6 Å². The van der Waals surface area contributed by atoms with Gasteiger partial charge in [-0.3, -0.25) is 0 Å². The number of methoxy groups -OCH3 is 1. The van der Waals surface area contributed by atoms with Crippen LogP contribution in [0.3, 0.4) is 0 Å². The minimum atomic E-state index is -0.930. The van der Waals surface area contributed by atoms with Crippen LogP contribution in [0.5, 0.6) is 5.75 Å². The molecule has 0 aromatic heterocycles. The second kappa shape index (κ2) is 3.31. The number of ether oxygens (including phenoxy) is 2. The van der Waals surface area contributed by atoms with Crippen LogP contribution in [0.1, 0.15) is 11.7 Å². The molecule has 1 N–H and O–H groups in total. The van der Waals surface area contributed by atoms with Crippen LogP contribution in [0.15, 0.2) is 24.3 Å². The first-order valence-corrected chi connectivity index (χ1v) is 4.25. The van der Waals surface area contributed by atoms with Gasteiger partial charge >= 0.3 is 5.97 Å². The first kappa shape index (κ1) is 9.02. The normalized spacial score (nSPS) is 24.4. The van der Waals surface area contributed by atoms with Gasteiger partial charge in [0, 0.05) is 5.56 Å². The Kier molecular flexibility index (Phi) is 2.13. The SMILES string of the molecule is COc1ccccc1C1OC1C(=O)O. The number of hydrogen-bond acceptors (Lipinski definition) is 3. The molecule has 0 spiro atoms. The molecule has 0 aliphatic carbocycles. The van der Waals surface area contributed by atoms with Crippen LogP contribution in [-0.2, 0) is 9.53 Å². The van der Waals surface area contributed by atoms with Gasteiger partial charge in [0.1, 0.15) is 11.9 Å². The topological polar surface area (TPSA) is 59.1 Å². The van der Waals surface area contributed by atoms with E-state index in [0.717, 1.165) is 5.56 Å². The Bertz CT molecular complexity index is 361. The van der Waals surface area contributed by atoms with E-state index in [-0.39, 0.29) is 6.10 Å². The van der Waals surface area contributed by atoms with Gasteiger partial charge in [-0.25, -0.2) is 4.79 Å². The zero-order chi connectivity index (χ0) is 10.1. The smallest absolute Gasteiger partial charge is 0.335 e. The maximum Gasteiger partial charge on any atom is 0.335 e. The van der Waals surface area contributed by atoms with Gasteiger partial charge in [-0.2, -0.15) is 0 Å². The van der Waals surface area contributed by atoms with E-state index in [4.69, 9.17) is 14.6 Å². The van der Waals surface area contributed by atoms with Gasteiger partial charge in [0.15, 0.2) is 6.10 Å². The van der Waals surface area contributed by atoms with Crippen molar-refractivity contribution in [3.63, 3.8) is 0 Å². The molecule has 2 unspecified atom stereocenters. The molecule has 1 saturated heterocycles. The number of hydrogen-bond donors (Lipinski definition) is 1. The minimum Gasteiger partial charge on any atom is -0.496 e. The van der Waals surface area contributed by atoms with Gasteiger partial charge in [0.25, 0.3) is 0 Å². The highest BCUT2D eigenvalue weighted by atomic mass is 16.6. The largest absolute Gasteiger partial charge is 0.496 e. The summed E-state index contributed by atoms with van der Waals surface area (Å²) < 4.78 is 10.1. The molecule has 1 aliphatic rings. The van der Waals surface area contributed by atoms with Crippen LogP contribution in [-0.4, -0.2) is 24.3 Å². The molecule has 4 heteroatoms. The van der Waals surface area contributed by atoms with E-state index in [1.165, 1.54) is 0 Å². The number of carboxylic acids is 1. The summed E-state index contributed by atoms with van der Waals surface area (Å²) >= 11 is 0. The summed E-state index contributed by atoms with van der Waals surface area (Å²) in [6, 6.07) is 7.27. The van der Waals surface area contributed by atoms with Crippen molar-refractivity contribution < 1.29 is 19.4 Å². The van der Waals surface area contributed by atoms with Crippen molar-refractivity contribution in [1.82, 2.24) is 0 Å².